The summed E-state index contributed by atoms with van der Waals surface area (Å²) in [6.07, 6.45) is -3.65. The number of carbonyl (C=O) groups excluding carboxylic acids is 1. The summed E-state index contributed by atoms with van der Waals surface area (Å²) in [7, 11) is 0. The van der Waals surface area contributed by atoms with Crippen molar-refractivity contribution in [2.45, 2.75) is 38.7 Å². The van der Waals surface area contributed by atoms with Gasteiger partial charge in [0.15, 0.2) is 0 Å². The van der Waals surface area contributed by atoms with Gasteiger partial charge in [0.1, 0.15) is 0 Å². The normalized spacial score (nSPS) is 15.9. The van der Waals surface area contributed by atoms with Crippen molar-refractivity contribution in [3.63, 3.8) is 0 Å². The third kappa shape index (κ3) is 4.48. The van der Waals surface area contributed by atoms with Crippen LogP contribution in [0, 0.1) is 0 Å². The molecule has 0 bridgehead atoms. The van der Waals surface area contributed by atoms with Crippen LogP contribution in [0.4, 0.5) is 18.9 Å². The molecule has 0 fully saturated rings. The molecule has 2 aromatic carbocycles. The molecule has 1 heterocycles. The van der Waals surface area contributed by atoms with E-state index < -0.39 is 17.8 Å². The van der Waals surface area contributed by atoms with Gasteiger partial charge in [-0.3, -0.25) is 9.69 Å². The van der Waals surface area contributed by atoms with Gasteiger partial charge in [0.05, 0.1) is 11.6 Å². The van der Waals surface area contributed by atoms with Gasteiger partial charge in [-0.1, -0.05) is 24.3 Å². The van der Waals surface area contributed by atoms with Crippen molar-refractivity contribution >= 4 is 11.6 Å². The van der Waals surface area contributed by atoms with Crippen molar-refractivity contribution in [3.05, 3.63) is 64.7 Å². The lowest BCUT2D eigenvalue weighted by atomic mass is 9.98. The van der Waals surface area contributed by atoms with Crippen molar-refractivity contribution in [2.24, 2.45) is 5.73 Å². The quantitative estimate of drug-likeness (QED) is 0.857. The maximum atomic E-state index is 13.1. The van der Waals surface area contributed by atoms with Crippen LogP contribution in [0.5, 0.6) is 0 Å². The van der Waals surface area contributed by atoms with Crippen molar-refractivity contribution in [3.8, 4) is 0 Å². The molecule has 3 rings (SSSR count). The minimum absolute atomic E-state index is 0.0365. The van der Waals surface area contributed by atoms with E-state index in [9.17, 15) is 18.0 Å². The highest BCUT2D eigenvalue weighted by Gasteiger charge is 2.32. The predicted octanol–water partition coefficient (Wildman–Crippen LogP) is 3.55. The number of fused-ring (bicyclic) bond motifs is 1. The zero-order chi connectivity index (χ0) is 19.6. The lowest BCUT2D eigenvalue weighted by molar-refractivity contribution is -0.137. The number of hydrogen-bond donors (Lipinski definition) is 2. The standard InChI is InChI=1S/C20H22F3N3O/c1-13(26-7-6-15-4-2-3-5-16(15)12-26)19(27)25-18-9-14(11-24)8-17(10-18)20(21,22)23/h2-5,8-10,13H,6-7,11-12,24H2,1H3,(H,25,27). The number of alkyl halides is 3. The van der Waals surface area contributed by atoms with Crippen LogP contribution in [-0.2, 0) is 30.5 Å². The Labute approximate surface area is 156 Å². The van der Waals surface area contributed by atoms with Gasteiger partial charge in [-0.15, -0.1) is 0 Å². The lowest BCUT2D eigenvalue weighted by Crippen LogP contribution is -2.44. The van der Waals surface area contributed by atoms with Gasteiger partial charge in [-0.05, 0) is 48.2 Å². The minimum atomic E-state index is -4.49. The molecule has 2 aromatic rings. The van der Waals surface area contributed by atoms with Gasteiger partial charge < -0.3 is 11.1 Å². The molecule has 1 unspecified atom stereocenters. The topological polar surface area (TPSA) is 58.4 Å². The van der Waals surface area contributed by atoms with Crippen molar-refractivity contribution in [2.75, 3.05) is 11.9 Å². The van der Waals surface area contributed by atoms with E-state index in [1.807, 2.05) is 23.1 Å². The van der Waals surface area contributed by atoms with E-state index >= 15 is 0 Å². The number of nitrogens with two attached hydrogens (primary N) is 1. The fraction of sp³-hybridized carbons (Fsp3) is 0.350. The number of halogens is 3. The van der Waals surface area contributed by atoms with E-state index in [0.29, 0.717) is 12.1 Å². The average molecular weight is 377 g/mol. The van der Waals surface area contributed by atoms with E-state index in [-0.39, 0.29) is 18.1 Å². The summed E-state index contributed by atoms with van der Waals surface area (Å²) in [5, 5.41) is 2.61. The van der Waals surface area contributed by atoms with Crippen LogP contribution >= 0.6 is 0 Å². The van der Waals surface area contributed by atoms with E-state index in [4.69, 9.17) is 5.73 Å². The van der Waals surface area contributed by atoms with Crippen molar-refractivity contribution < 1.29 is 18.0 Å². The largest absolute Gasteiger partial charge is 0.416 e. The van der Waals surface area contributed by atoms with E-state index in [1.165, 1.54) is 17.2 Å². The summed E-state index contributed by atoms with van der Waals surface area (Å²) < 4.78 is 39.2. The SMILES string of the molecule is CC(C(=O)Nc1cc(CN)cc(C(F)(F)F)c1)N1CCc2ccccc2C1. The zero-order valence-corrected chi connectivity index (χ0v) is 15.0. The zero-order valence-electron chi connectivity index (χ0n) is 15.0. The molecule has 144 valence electrons. The summed E-state index contributed by atoms with van der Waals surface area (Å²) in [5.41, 5.74) is 7.55. The number of rotatable bonds is 4. The number of benzene rings is 2. The maximum absolute atomic E-state index is 13.1. The molecule has 1 aliphatic heterocycles. The van der Waals surface area contributed by atoms with Gasteiger partial charge >= 0.3 is 6.18 Å². The molecular formula is C20H22F3N3O. The smallest absolute Gasteiger partial charge is 0.326 e. The number of nitrogens with one attached hydrogen (secondary N) is 1. The number of hydrogen-bond acceptors (Lipinski definition) is 3. The van der Waals surface area contributed by atoms with Crippen molar-refractivity contribution in [1.29, 1.82) is 0 Å². The molecule has 1 amide bonds. The first-order chi connectivity index (χ1) is 12.8. The summed E-state index contributed by atoms with van der Waals surface area (Å²) in [4.78, 5) is 14.6. The third-order valence-electron chi connectivity index (χ3n) is 4.91. The minimum Gasteiger partial charge on any atom is -0.326 e. The monoisotopic (exact) mass is 377 g/mol. The molecule has 0 aromatic heterocycles. The molecule has 0 saturated carbocycles. The fourth-order valence-corrected chi connectivity index (χ4v) is 3.31. The molecule has 0 aliphatic carbocycles. The molecule has 1 aliphatic rings. The Balaban J connectivity index is 1.74. The van der Waals surface area contributed by atoms with Crippen LogP contribution in [0.25, 0.3) is 0 Å². The first-order valence-corrected chi connectivity index (χ1v) is 8.81. The van der Waals surface area contributed by atoms with E-state index in [0.717, 1.165) is 25.1 Å². The van der Waals surface area contributed by atoms with Crippen LogP contribution in [0.3, 0.4) is 0 Å². The molecule has 1 atom stereocenters. The first-order valence-electron chi connectivity index (χ1n) is 8.81. The number of amides is 1. The van der Waals surface area contributed by atoms with E-state index in [2.05, 4.69) is 11.4 Å². The number of anilines is 1. The Morgan fingerprint density at radius 3 is 2.59 bits per heavy atom. The van der Waals surface area contributed by atoms with Gasteiger partial charge in [-0.25, -0.2) is 0 Å². The highest BCUT2D eigenvalue weighted by Crippen LogP contribution is 2.32. The van der Waals surface area contributed by atoms with Gasteiger partial charge in [-0.2, -0.15) is 13.2 Å². The van der Waals surface area contributed by atoms with Crippen LogP contribution in [0.2, 0.25) is 0 Å². The second-order valence-corrected chi connectivity index (χ2v) is 6.77. The Morgan fingerprint density at radius 2 is 1.93 bits per heavy atom. The van der Waals surface area contributed by atoms with Crippen LogP contribution in [0.15, 0.2) is 42.5 Å². The molecular weight excluding hydrogens is 355 g/mol. The van der Waals surface area contributed by atoms with Gasteiger partial charge in [0.25, 0.3) is 0 Å². The Hall–Kier alpha value is -2.38. The Kier molecular flexibility index (Phi) is 5.53. The highest BCUT2D eigenvalue weighted by atomic mass is 19.4. The molecule has 3 N–H and O–H groups in total. The van der Waals surface area contributed by atoms with Crippen LogP contribution in [0.1, 0.15) is 29.2 Å². The highest BCUT2D eigenvalue weighted by molar-refractivity contribution is 5.94. The molecule has 0 spiro atoms. The second kappa shape index (κ2) is 7.70. The Bertz CT molecular complexity index is 835. The average Bonchev–Trinajstić information content (AvgIpc) is 2.66. The van der Waals surface area contributed by atoms with Crippen LogP contribution < -0.4 is 11.1 Å². The lowest BCUT2D eigenvalue weighted by Gasteiger charge is -2.33. The summed E-state index contributed by atoms with van der Waals surface area (Å²) in [5.74, 6) is -0.336. The maximum Gasteiger partial charge on any atom is 0.416 e. The second-order valence-electron chi connectivity index (χ2n) is 6.77. The summed E-state index contributed by atoms with van der Waals surface area (Å²) in [6.45, 7) is 3.09. The number of nitrogens with zero attached hydrogens (tertiary/aromatic N) is 1. The van der Waals surface area contributed by atoms with E-state index in [1.54, 1.807) is 6.92 Å². The Morgan fingerprint density at radius 1 is 1.22 bits per heavy atom. The van der Waals surface area contributed by atoms with Crippen LogP contribution in [-0.4, -0.2) is 23.4 Å². The molecule has 4 nitrogen and oxygen atoms in total. The summed E-state index contributed by atoms with van der Waals surface area (Å²) >= 11 is 0. The molecule has 27 heavy (non-hydrogen) atoms. The third-order valence-corrected chi connectivity index (χ3v) is 4.91. The first kappa shape index (κ1) is 19.4. The van der Waals surface area contributed by atoms with Gasteiger partial charge in [0.2, 0.25) is 5.91 Å². The fourth-order valence-electron chi connectivity index (χ4n) is 3.31. The molecule has 0 radical (unpaired) electrons. The summed E-state index contributed by atoms with van der Waals surface area (Å²) in [6, 6.07) is 11.0. The molecule has 7 heteroatoms. The van der Waals surface area contributed by atoms with Gasteiger partial charge in [0, 0.05) is 25.3 Å². The predicted molar refractivity (Wildman–Crippen MR) is 98.0 cm³/mol. The number of carbonyl (C=O) groups is 1. The molecule has 0 saturated heterocycles. The van der Waals surface area contributed by atoms with Crippen molar-refractivity contribution in [1.82, 2.24) is 4.90 Å².